The molecule has 1 aromatic rings. The van der Waals surface area contributed by atoms with Gasteiger partial charge in [0.05, 0.1) is 11.6 Å². The standard InChI is InChI=1S/C7H7BN2O/c1-3-6-4(7(11)9-3)2-5(8)10-6/h2-3,10H,1H3,(H,9,11)/t3-/m1/s1. The molecular formula is C7H7BN2O. The van der Waals surface area contributed by atoms with E-state index >= 15 is 0 Å². The number of aromatic nitrogens is 1. The largest absolute Gasteiger partial charge is 0.370 e. The molecule has 54 valence electrons. The van der Waals surface area contributed by atoms with E-state index < -0.39 is 0 Å². The molecule has 0 aliphatic carbocycles. The predicted molar refractivity (Wildman–Crippen MR) is 42.1 cm³/mol. The van der Waals surface area contributed by atoms with Gasteiger partial charge in [0.25, 0.3) is 5.91 Å². The van der Waals surface area contributed by atoms with Crippen molar-refractivity contribution in [1.29, 1.82) is 0 Å². The number of hydrogen-bond acceptors (Lipinski definition) is 1. The Kier molecular flexibility index (Phi) is 1.13. The van der Waals surface area contributed by atoms with Crippen LogP contribution in [0, 0.1) is 0 Å². The molecule has 1 aliphatic rings. The number of carbonyl (C=O) groups excluding carboxylic acids is 1. The second kappa shape index (κ2) is 1.90. The fourth-order valence-electron chi connectivity index (χ4n) is 1.37. The highest BCUT2D eigenvalue weighted by atomic mass is 16.2. The molecule has 2 radical (unpaired) electrons. The van der Waals surface area contributed by atoms with Crippen molar-refractivity contribution in [3.8, 4) is 0 Å². The quantitative estimate of drug-likeness (QED) is 0.481. The Balaban J connectivity index is 2.58. The van der Waals surface area contributed by atoms with Crippen LogP contribution in [-0.4, -0.2) is 18.7 Å². The van der Waals surface area contributed by atoms with E-state index in [-0.39, 0.29) is 11.9 Å². The summed E-state index contributed by atoms with van der Waals surface area (Å²) in [6.45, 7) is 1.92. The van der Waals surface area contributed by atoms with Gasteiger partial charge in [0, 0.05) is 5.69 Å². The maximum absolute atomic E-state index is 11.1. The summed E-state index contributed by atoms with van der Waals surface area (Å²) in [5.74, 6) is -0.0412. The summed E-state index contributed by atoms with van der Waals surface area (Å²) in [5, 5.41) is 2.76. The third kappa shape index (κ3) is 0.787. The minimum Gasteiger partial charge on any atom is -0.370 e. The maximum atomic E-state index is 11.1. The van der Waals surface area contributed by atoms with Gasteiger partial charge in [-0.2, -0.15) is 0 Å². The summed E-state index contributed by atoms with van der Waals surface area (Å²) in [6, 6.07) is 1.73. The van der Waals surface area contributed by atoms with Gasteiger partial charge >= 0.3 is 0 Å². The molecule has 1 atom stereocenters. The number of fused-ring (bicyclic) bond motifs is 1. The molecule has 0 saturated heterocycles. The van der Waals surface area contributed by atoms with Crippen LogP contribution in [0.25, 0.3) is 0 Å². The Morgan fingerprint density at radius 1 is 1.64 bits per heavy atom. The first-order valence-electron chi connectivity index (χ1n) is 3.47. The number of hydrogen-bond donors (Lipinski definition) is 2. The molecule has 0 spiro atoms. The Bertz CT molecular complexity index is 318. The third-order valence-electron chi connectivity index (χ3n) is 1.89. The Hall–Kier alpha value is -1.19. The van der Waals surface area contributed by atoms with Crippen LogP contribution in [0.15, 0.2) is 6.07 Å². The highest BCUT2D eigenvalue weighted by molar-refractivity contribution is 6.31. The van der Waals surface area contributed by atoms with Crippen LogP contribution in [0.1, 0.15) is 29.0 Å². The fourth-order valence-corrected chi connectivity index (χ4v) is 1.37. The van der Waals surface area contributed by atoms with Crippen LogP contribution in [0.2, 0.25) is 0 Å². The average molecular weight is 146 g/mol. The zero-order valence-electron chi connectivity index (χ0n) is 6.14. The molecule has 3 nitrogen and oxygen atoms in total. The van der Waals surface area contributed by atoms with Crippen molar-refractivity contribution in [2.75, 3.05) is 0 Å². The Morgan fingerprint density at radius 2 is 2.36 bits per heavy atom. The maximum Gasteiger partial charge on any atom is 0.253 e. The van der Waals surface area contributed by atoms with Gasteiger partial charge < -0.3 is 10.3 Å². The fraction of sp³-hybridized carbons (Fsp3) is 0.286. The lowest BCUT2D eigenvalue weighted by atomic mass is 10.1. The predicted octanol–water partition coefficient (Wildman–Crippen LogP) is -0.387. The van der Waals surface area contributed by atoms with E-state index in [9.17, 15) is 4.79 Å². The molecule has 2 heterocycles. The second-order valence-electron chi connectivity index (χ2n) is 2.75. The second-order valence-corrected chi connectivity index (χ2v) is 2.75. The summed E-state index contributed by atoms with van der Waals surface area (Å²) in [4.78, 5) is 14.0. The van der Waals surface area contributed by atoms with Crippen LogP contribution in [-0.2, 0) is 0 Å². The summed E-state index contributed by atoms with van der Waals surface area (Å²) >= 11 is 0. The first-order valence-corrected chi connectivity index (χ1v) is 3.47. The molecule has 1 aliphatic heterocycles. The number of rotatable bonds is 0. The number of aromatic amines is 1. The van der Waals surface area contributed by atoms with Crippen molar-refractivity contribution in [2.45, 2.75) is 13.0 Å². The topological polar surface area (TPSA) is 44.9 Å². The van der Waals surface area contributed by atoms with E-state index in [0.717, 1.165) is 5.69 Å². The zero-order chi connectivity index (χ0) is 8.01. The minimum absolute atomic E-state index is 0.0412. The van der Waals surface area contributed by atoms with Gasteiger partial charge in [0.2, 0.25) is 0 Å². The van der Waals surface area contributed by atoms with Crippen LogP contribution in [0.4, 0.5) is 0 Å². The van der Waals surface area contributed by atoms with Crippen molar-refractivity contribution >= 4 is 19.3 Å². The van der Waals surface area contributed by atoms with E-state index in [1.165, 1.54) is 0 Å². The van der Waals surface area contributed by atoms with Gasteiger partial charge in [-0.05, 0) is 18.6 Å². The van der Waals surface area contributed by atoms with Crippen LogP contribution in [0.5, 0.6) is 0 Å². The van der Waals surface area contributed by atoms with Gasteiger partial charge in [0.15, 0.2) is 0 Å². The first kappa shape index (κ1) is 6.52. The van der Waals surface area contributed by atoms with E-state index in [1.54, 1.807) is 6.07 Å². The molecular weight excluding hydrogens is 139 g/mol. The summed E-state index contributed by atoms with van der Waals surface area (Å²) in [5.41, 5.74) is 2.12. The molecule has 0 saturated carbocycles. The number of carbonyl (C=O) groups is 1. The molecule has 4 heteroatoms. The molecule has 2 rings (SSSR count). The van der Waals surface area contributed by atoms with Gasteiger partial charge in [-0.3, -0.25) is 4.79 Å². The van der Waals surface area contributed by atoms with E-state index in [0.29, 0.717) is 11.2 Å². The molecule has 1 amide bonds. The van der Waals surface area contributed by atoms with Gasteiger partial charge in [0.1, 0.15) is 7.85 Å². The minimum atomic E-state index is -0.0412. The lowest BCUT2D eigenvalue weighted by molar-refractivity contribution is 0.0958. The van der Waals surface area contributed by atoms with Crippen molar-refractivity contribution in [1.82, 2.24) is 10.3 Å². The monoisotopic (exact) mass is 146 g/mol. The SMILES string of the molecule is [B]c1cc2c([nH]1)[C@@H](C)NC2=O. The number of amides is 1. The van der Waals surface area contributed by atoms with Crippen LogP contribution < -0.4 is 10.9 Å². The summed E-state index contributed by atoms with van der Waals surface area (Å²) in [7, 11) is 5.48. The number of H-pyrrole nitrogens is 1. The molecule has 0 aromatic carbocycles. The van der Waals surface area contributed by atoms with E-state index in [4.69, 9.17) is 7.85 Å². The Morgan fingerprint density at radius 3 is 3.00 bits per heavy atom. The smallest absolute Gasteiger partial charge is 0.253 e. The summed E-state index contributed by atoms with van der Waals surface area (Å²) in [6.07, 6.45) is 0. The van der Waals surface area contributed by atoms with Crippen molar-refractivity contribution < 1.29 is 4.79 Å². The zero-order valence-corrected chi connectivity index (χ0v) is 6.14. The first-order chi connectivity index (χ1) is 5.18. The lowest BCUT2D eigenvalue weighted by Gasteiger charge is -2.01. The van der Waals surface area contributed by atoms with Gasteiger partial charge in [-0.25, -0.2) is 0 Å². The van der Waals surface area contributed by atoms with Crippen LogP contribution in [0.3, 0.4) is 0 Å². The Labute approximate surface area is 65.6 Å². The lowest BCUT2D eigenvalue weighted by Crippen LogP contribution is -2.19. The molecule has 0 unspecified atom stereocenters. The molecule has 1 aromatic heterocycles. The molecule has 2 N–H and O–H groups in total. The van der Waals surface area contributed by atoms with Gasteiger partial charge in [-0.15, -0.1) is 0 Å². The van der Waals surface area contributed by atoms with Crippen molar-refractivity contribution in [2.24, 2.45) is 0 Å². The summed E-state index contributed by atoms with van der Waals surface area (Å²) < 4.78 is 0. The highest BCUT2D eigenvalue weighted by Gasteiger charge is 2.26. The van der Waals surface area contributed by atoms with Crippen molar-refractivity contribution in [3.05, 3.63) is 17.3 Å². The molecule has 11 heavy (non-hydrogen) atoms. The highest BCUT2D eigenvalue weighted by Crippen LogP contribution is 2.21. The number of nitrogens with one attached hydrogen (secondary N) is 2. The van der Waals surface area contributed by atoms with Crippen molar-refractivity contribution in [3.63, 3.8) is 0 Å². The van der Waals surface area contributed by atoms with E-state index in [2.05, 4.69) is 10.3 Å². The average Bonchev–Trinajstić information content (AvgIpc) is 2.38. The third-order valence-corrected chi connectivity index (χ3v) is 1.89. The molecule has 0 bridgehead atoms. The normalized spacial score (nSPS) is 21.5. The van der Waals surface area contributed by atoms with E-state index in [1.807, 2.05) is 6.92 Å². The molecule has 0 fully saturated rings. The van der Waals surface area contributed by atoms with Crippen LogP contribution >= 0.6 is 0 Å². The van der Waals surface area contributed by atoms with Gasteiger partial charge in [-0.1, -0.05) is 0 Å².